The molecule has 5 aliphatic rings. The van der Waals surface area contributed by atoms with Gasteiger partial charge in [0.1, 0.15) is 65.3 Å². The summed E-state index contributed by atoms with van der Waals surface area (Å²) >= 11 is 8.00. The van der Waals surface area contributed by atoms with Crippen LogP contribution in [0, 0.1) is 0 Å². The lowest BCUT2D eigenvalue weighted by Crippen LogP contribution is -2.74. The van der Waals surface area contributed by atoms with Crippen LogP contribution in [0.2, 0.25) is 5.02 Å². The van der Waals surface area contributed by atoms with Crippen molar-refractivity contribution in [2.45, 2.75) is 122 Å². The normalized spacial score (nSPS) is 21.5. The number of hydrogen-bond acceptors (Lipinski definition) is 18. The molecule has 4 fully saturated rings. The molecule has 4 amide bonds. The number of carbonyl (C=O) groups excluding carboxylic acids is 6. The molecule has 4 aromatic rings. The Morgan fingerprint density at radius 1 is 0.854 bits per heavy atom. The molecule has 82 heavy (non-hydrogen) atoms. The summed E-state index contributed by atoms with van der Waals surface area (Å²) in [4.78, 5) is 93.1. The molecule has 2 bridgehead atoms. The maximum atomic E-state index is 14.3. The van der Waals surface area contributed by atoms with Crippen LogP contribution in [0.4, 0.5) is 9.93 Å². The summed E-state index contributed by atoms with van der Waals surface area (Å²) < 4.78 is 53.4. The number of hydrogen-bond donors (Lipinski definition) is 3. The third-order valence-electron chi connectivity index (χ3n) is 14.1. The van der Waals surface area contributed by atoms with Gasteiger partial charge in [-0.1, -0.05) is 41.0 Å². The Morgan fingerprint density at radius 2 is 1.44 bits per heavy atom. The Kier molecular flexibility index (Phi) is 18.1. The largest absolute Gasteiger partial charge is 0.539 e. The van der Waals surface area contributed by atoms with E-state index in [9.17, 15) is 33.0 Å². The van der Waals surface area contributed by atoms with Crippen molar-refractivity contribution in [3.63, 3.8) is 0 Å². The molecule has 9 rings (SSSR count). The monoisotopic (exact) mass is 1190 g/mol. The van der Waals surface area contributed by atoms with Gasteiger partial charge in [0.25, 0.3) is 17.7 Å². The molecule has 5 aliphatic heterocycles. The SMILES string of the molecule is [B]OC(=O)C1=C(C[N+]23CCC(NC(=O)c4ccc(OCc5ccc(OC)cc5)c(OCc5ccc(OC)cc5)c4Cl)(CC2)CC3)CS(=O)[C@@H]2[C@H](NC(=O)/C(=N\OC(C)(C)C(=O)OC(C)(C)C)c3csc(NC(=O)OC(C)(C)C)n3)C(=O)N12. The van der Waals surface area contributed by atoms with Gasteiger partial charge >= 0.3 is 26.1 Å². The highest BCUT2D eigenvalue weighted by Crippen LogP contribution is 2.43. The number of aromatic nitrogens is 1. The number of thiazole rings is 1. The number of esters is 1. The summed E-state index contributed by atoms with van der Waals surface area (Å²) in [6.45, 7) is 15.0. The molecule has 436 valence electrons. The topological polar surface area (TPSA) is 258 Å². The number of anilines is 1. The van der Waals surface area contributed by atoms with Gasteiger partial charge in [0.05, 0.1) is 66.5 Å². The number of piperidine rings is 3. The van der Waals surface area contributed by atoms with Gasteiger partial charge in [-0.2, -0.15) is 0 Å². The minimum atomic E-state index is -1.88. The minimum Gasteiger partial charge on any atom is -0.539 e. The van der Waals surface area contributed by atoms with Crippen molar-refractivity contribution in [2.75, 3.05) is 51.5 Å². The molecule has 6 heterocycles. The molecule has 3 N–H and O–H groups in total. The van der Waals surface area contributed by atoms with Crippen LogP contribution in [-0.4, -0.2) is 148 Å². The highest BCUT2D eigenvalue weighted by atomic mass is 35.5. The number of oxime groups is 1. The second kappa shape index (κ2) is 24.3. The quantitative estimate of drug-likeness (QED) is 0.0209. The molecule has 4 saturated heterocycles. The summed E-state index contributed by atoms with van der Waals surface area (Å²) in [5.74, 6) is -2.27. The van der Waals surface area contributed by atoms with Crippen molar-refractivity contribution in [1.29, 1.82) is 0 Å². The molecule has 1 aromatic heterocycles. The van der Waals surface area contributed by atoms with E-state index in [-0.39, 0.29) is 58.4 Å². The van der Waals surface area contributed by atoms with Crippen molar-refractivity contribution in [2.24, 2.45) is 5.16 Å². The molecule has 22 nitrogen and oxygen atoms in total. The Bertz CT molecular complexity index is 3190. The van der Waals surface area contributed by atoms with E-state index in [0.29, 0.717) is 66.2 Å². The maximum absolute atomic E-state index is 14.3. The molecule has 3 aromatic carbocycles. The number of benzene rings is 3. The van der Waals surface area contributed by atoms with Crippen LogP contribution in [0.3, 0.4) is 0 Å². The van der Waals surface area contributed by atoms with E-state index >= 15 is 0 Å². The van der Waals surface area contributed by atoms with Gasteiger partial charge in [-0.05, 0) is 103 Å². The summed E-state index contributed by atoms with van der Waals surface area (Å²) in [6.07, 6.45) is 0.827. The summed E-state index contributed by atoms with van der Waals surface area (Å²) in [7, 11) is 6.77. The Balaban J connectivity index is 0.964. The van der Waals surface area contributed by atoms with Gasteiger partial charge in [-0.15, -0.1) is 11.3 Å². The van der Waals surface area contributed by atoms with E-state index in [1.54, 1.807) is 67.9 Å². The number of nitrogens with one attached hydrogen (secondary N) is 3. The zero-order valence-electron chi connectivity index (χ0n) is 47.3. The van der Waals surface area contributed by atoms with Gasteiger partial charge < -0.3 is 53.0 Å². The summed E-state index contributed by atoms with van der Waals surface area (Å²) in [5, 5.41) is 12.6. The van der Waals surface area contributed by atoms with Crippen molar-refractivity contribution in [3.8, 4) is 23.0 Å². The molecule has 0 saturated carbocycles. The number of quaternary nitrogens is 1. The fourth-order valence-corrected chi connectivity index (χ4v) is 12.4. The average molecular weight is 1190 g/mol. The van der Waals surface area contributed by atoms with E-state index in [0.717, 1.165) is 27.4 Å². The van der Waals surface area contributed by atoms with E-state index < -0.39 is 86.0 Å². The third-order valence-corrected chi connectivity index (χ3v) is 16.9. The van der Waals surface area contributed by atoms with Gasteiger partial charge in [-0.25, -0.2) is 19.4 Å². The molecular weight excluding hydrogens is 1120 g/mol. The van der Waals surface area contributed by atoms with Crippen LogP contribution in [0.1, 0.15) is 102 Å². The molecule has 1 unspecified atom stereocenters. The number of nitrogens with zero attached hydrogens (tertiary/aromatic N) is 4. The second-order valence-corrected chi connectivity index (χ2v) is 25.6. The lowest BCUT2D eigenvalue weighted by molar-refractivity contribution is -0.938. The first-order valence-corrected chi connectivity index (χ1v) is 28.9. The Hall–Kier alpha value is -7.22. The predicted molar refractivity (Wildman–Crippen MR) is 304 cm³/mol. The smallest absolute Gasteiger partial charge is 0.413 e. The molecular formula is C56H66BClN7O15S2+. The van der Waals surface area contributed by atoms with Gasteiger partial charge in [0.15, 0.2) is 22.3 Å². The van der Waals surface area contributed by atoms with Gasteiger partial charge in [0.2, 0.25) is 5.60 Å². The fourth-order valence-electron chi connectivity index (χ4n) is 9.79. The number of halogens is 1. The van der Waals surface area contributed by atoms with E-state index in [2.05, 4.69) is 26.1 Å². The second-order valence-electron chi connectivity index (χ2n) is 22.8. The Labute approximate surface area is 487 Å². The molecule has 0 aliphatic carbocycles. The first-order chi connectivity index (χ1) is 38.6. The first kappa shape index (κ1) is 60.9. The van der Waals surface area contributed by atoms with Crippen LogP contribution in [0.25, 0.3) is 0 Å². The number of fused-ring (bicyclic) bond motifs is 4. The highest BCUT2D eigenvalue weighted by Gasteiger charge is 2.59. The number of carbonyl (C=O) groups is 6. The molecule has 2 radical (unpaired) electrons. The molecule has 3 atom stereocenters. The lowest BCUT2D eigenvalue weighted by Gasteiger charge is -2.56. The summed E-state index contributed by atoms with van der Waals surface area (Å²) in [6, 6.07) is 16.6. The predicted octanol–water partition coefficient (Wildman–Crippen LogP) is 6.64. The highest BCUT2D eigenvalue weighted by molar-refractivity contribution is 7.86. The Morgan fingerprint density at radius 3 is 2.00 bits per heavy atom. The van der Waals surface area contributed by atoms with Crippen LogP contribution in [-0.2, 0) is 62.2 Å². The number of rotatable bonds is 20. The first-order valence-electron chi connectivity index (χ1n) is 26.3. The zero-order chi connectivity index (χ0) is 59.5. The standard InChI is InChI=1S/C56H65BClN7O15S2/c1-53(2,3)77-50(70)55(7,8)80-63-41(38-30-81-51(59-38)61-52(71)78-54(4,5)6)46(67)60-42-47(68)64-43(49(69)79-57)34(31-82(72)48(42)64)27-65-24-21-56(22-25-65,23-26-65)62-45(66)37-19-20-39(75-28-32-11-15-35(73-9)16-12-32)44(40(37)58)76-29-33-13-17-36(74-10)18-14-33/h11-20,30,42,48H,21-29,31H2,1-10H3,(H2-,59,60,61,62,66,67,71)/p+1/b63-41-/t42-,48-,56?,65?,82?/m1/s1. The molecule has 26 heteroatoms. The number of methoxy groups -OCH3 is 2. The number of β-lactam (4-membered cyclic amide) rings is 1. The van der Waals surface area contributed by atoms with E-state index in [1.807, 2.05) is 48.5 Å². The van der Waals surface area contributed by atoms with Crippen LogP contribution < -0.4 is 34.9 Å². The van der Waals surface area contributed by atoms with Gasteiger partial charge in [-0.3, -0.25) is 28.8 Å². The van der Waals surface area contributed by atoms with Crippen molar-refractivity contribution >= 4 is 88.4 Å². The third kappa shape index (κ3) is 14.0. The average Bonchev–Trinajstić information content (AvgIpc) is 1.94. The van der Waals surface area contributed by atoms with Gasteiger partial charge in [0, 0.05) is 30.2 Å². The van der Waals surface area contributed by atoms with Crippen LogP contribution in [0.15, 0.2) is 82.5 Å². The van der Waals surface area contributed by atoms with Crippen molar-refractivity contribution in [3.05, 3.63) is 105 Å². The fraction of sp³-hybridized carbons (Fsp3) is 0.464. The maximum Gasteiger partial charge on any atom is 0.413 e. The van der Waals surface area contributed by atoms with E-state index in [1.165, 1.54) is 19.2 Å². The number of amides is 4. The number of ether oxygens (including phenoxy) is 6. The lowest BCUT2D eigenvalue weighted by atomic mass is 9.77. The van der Waals surface area contributed by atoms with Crippen LogP contribution >= 0.6 is 22.9 Å². The molecule has 0 spiro atoms. The van der Waals surface area contributed by atoms with E-state index in [4.69, 9.17) is 57.6 Å². The summed E-state index contributed by atoms with van der Waals surface area (Å²) in [5.41, 5.74) is -2.59. The van der Waals surface area contributed by atoms with Crippen molar-refractivity contribution in [1.82, 2.24) is 20.5 Å². The minimum absolute atomic E-state index is 0.0174. The zero-order valence-corrected chi connectivity index (χ0v) is 49.6. The van der Waals surface area contributed by atoms with Crippen LogP contribution in [0.5, 0.6) is 23.0 Å². The van der Waals surface area contributed by atoms with Crippen molar-refractivity contribution < 1.29 is 75.4 Å².